The zero-order valence-electron chi connectivity index (χ0n) is 17.3. The molecule has 0 aliphatic carbocycles. The van der Waals surface area contributed by atoms with E-state index in [0.29, 0.717) is 49.8 Å². The van der Waals surface area contributed by atoms with E-state index in [4.69, 9.17) is 9.47 Å². The Morgan fingerprint density at radius 1 is 0.862 bits per heavy atom. The Morgan fingerprint density at radius 2 is 1.45 bits per heavy atom. The van der Waals surface area contributed by atoms with Gasteiger partial charge in [-0.15, -0.1) is 0 Å². The fourth-order valence-electron chi connectivity index (χ4n) is 3.44. The number of rotatable bonds is 7. The second-order valence-electron chi connectivity index (χ2n) is 7.14. The lowest BCUT2D eigenvalue weighted by Crippen LogP contribution is -2.49. The molecule has 1 heterocycles. The predicted octanol–water partition coefficient (Wildman–Crippen LogP) is 2.91. The molecule has 0 unspecified atom stereocenters. The zero-order valence-corrected chi connectivity index (χ0v) is 17.3. The van der Waals surface area contributed by atoms with E-state index < -0.39 is 0 Å². The number of ether oxygens (including phenoxy) is 2. The number of carbonyl (C=O) groups excluding carboxylic acids is 2. The first-order valence-electron chi connectivity index (χ1n) is 9.91. The molecule has 0 radical (unpaired) electrons. The highest BCUT2D eigenvalue weighted by molar-refractivity contribution is 5.97. The molecule has 0 N–H and O–H groups in total. The topological polar surface area (TPSA) is 59.1 Å². The molecule has 1 fully saturated rings. The first kappa shape index (κ1) is 20.9. The van der Waals surface area contributed by atoms with Crippen LogP contribution >= 0.6 is 0 Å². The lowest BCUT2D eigenvalue weighted by Gasteiger charge is -2.34. The molecule has 2 aromatic carbocycles. The SMILES string of the molecule is CCc1ccc(C(=O)CN2CCN(C(=O)c3cc(OC)cc(OC)c3)CC2)cc1. The van der Waals surface area contributed by atoms with Crippen molar-refractivity contribution in [2.24, 2.45) is 0 Å². The lowest BCUT2D eigenvalue weighted by atomic mass is 10.1. The maximum atomic E-state index is 12.9. The molecule has 6 heteroatoms. The van der Waals surface area contributed by atoms with Crippen LogP contribution in [0.4, 0.5) is 0 Å². The fourth-order valence-corrected chi connectivity index (χ4v) is 3.44. The molecule has 1 aliphatic rings. The molecule has 0 saturated carbocycles. The average Bonchev–Trinajstić information content (AvgIpc) is 2.78. The molecule has 0 bridgehead atoms. The molecule has 0 spiro atoms. The summed E-state index contributed by atoms with van der Waals surface area (Å²) in [6.07, 6.45) is 0.962. The predicted molar refractivity (Wildman–Crippen MR) is 112 cm³/mol. The fraction of sp³-hybridized carbons (Fsp3) is 0.391. The highest BCUT2D eigenvalue weighted by atomic mass is 16.5. The smallest absolute Gasteiger partial charge is 0.254 e. The normalized spacial score (nSPS) is 14.5. The van der Waals surface area contributed by atoms with Crippen LogP contribution in [0.1, 0.15) is 33.2 Å². The van der Waals surface area contributed by atoms with Crippen LogP contribution in [0.5, 0.6) is 11.5 Å². The Kier molecular flexibility index (Phi) is 6.88. The molecule has 154 valence electrons. The van der Waals surface area contributed by atoms with E-state index in [1.807, 2.05) is 29.2 Å². The van der Waals surface area contributed by atoms with Crippen molar-refractivity contribution in [3.63, 3.8) is 0 Å². The van der Waals surface area contributed by atoms with Gasteiger partial charge in [-0.25, -0.2) is 0 Å². The Bertz CT molecular complexity index is 833. The molecule has 6 nitrogen and oxygen atoms in total. The minimum Gasteiger partial charge on any atom is -0.497 e. The third kappa shape index (κ3) is 5.15. The van der Waals surface area contributed by atoms with Gasteiger partial charge in [0.25, 0.3) is 5.91 Å². The number of ketones is 1. The minimum absolute atomic E-state index is 0.0525. The van der Waals surface area contributed by atoms with Gasteiger partial charge in [-0.3, -0.25) is 14.5 Å². The molecule has 0 aromatic heterocycles. The minimum atomic E-state index is -0.0525. The van der Waals surface area contributed by atoms with Crippen molar-refractivity contribution >= 4 is 11.7 Å². The first-order valence-corrected chi connectivity index (χ1v) is 9.91. The number of piperazine rings is 1. The largest absolute Gasteiger partial charge is 0.497 e. The van der Waals surface area contributed by atoms with Crippen molar-refractivity contribution in [2.75, 3.05) is 46.9 Å². The average molecular weight is 396 g/mol. The Labute approximate surface area is 172 Å². The highest BCUT2D eigenvalue weighted by Gasteiger charge is 2.24. The molecule has 2 aromatic rings. The molecule has 1 amide bonds. The number of amides is 1. The van der Waals surface area contributed by atoms with Crippen molar-refractivity contribution in [1.82, 2.24) is 9.80 Å². The van der Waals surface area contributed by atoms with Gasteiger partial charge in [-0.1, -0.05) is 31.2 Å². The maximum Gasteiger partial charge on any atom is 0.254 e. The van der Waals surface area contributed by atoms with E-state index in [9.17, 15) is 9.59 Å². The van der Waals surface area contributed by atoms with Gasteiger partial charge in [-0.2, -0.15) is 0 Å². The summed E-state index contributed by atoms with van der Waals surface area (Å²) in [5.41, 5.74) is 2.51. The molecular formula is C23H28N2O4. The summed E-state index contributed by atoms with van der Waals surface area (Å²) in [4.78, 5) is 29.3. The molecular weight excluding hydrogens is 368 g/mol. The van der Waals surface area contributed by atoms with Crippen LogP contribution < -0.4 is 9.47 Å². The third-order valence-corrected chi connectivity index (χ3v) is 5.31. The van der Waals surface area contributed by atoms with E-state index in [0.717, 1.165) is 12.0 Å². The summed E-state index contributed by atoms with van der Waals surface area (Å²) in [6.45, 7) is 4.98. The van der Waals surface area contributed by atoms with Crippen molar-refractivity contribution in [3.05, 3.63) is 59.2 Å². The van der Waals surface area contributed by atoms with Crippen molar-refractivity contribution in [1.29, 1.82) is 0 Å². The third-order valence-electron chi connectivity index (χ3n) is 5.31. The van der Waals surface area contributed by atoms with E-state index in [-0.39, 0.29) is 11.7 Å². The van der Waals surface area contributed by atoms with Crippen molar-refractivity contribution in [2.45, 2.75) is 13.3 Å². The Morgan fingerprint density at radius 3 is 1.97 bits per heavy atom. The van der Waals surface area contributed by atoms with Gasteiger partial charge in [0.2, 0.25) is 0 Å². The molecule has 29 heavy (non-hydrogen) atoms. The summed E-state index contributed by atoms with van der Waals surface area (Å²) in [6, 6.07) is 13.0. The van der Waals surface area contributed by atoms with Gasteiger partial charge in [0.05, 0.1) is 20.8 Å². The van der Waals surface area contributed by atoms with Crippen LogP contribution in [0.15, 0.2) is 42.5 Å². The standard InChI is InChI=1S/C23H28N2O4/c1-4-17-5-7-18(8-6-17)22(26)16-24-9-11-25(12-10-24)23(27)19-13-20(28-2)15-21(14-19)29-3/h5-8,13-15H,4,9-12,16H2,1-3H3. The van der Waals surface area contributed by atoms with Crippen LogP contribution in [0.2, 0.25) is 0 Å². The van der Waals surface area contributed by atoms with Gasteiger partial charge in [0.15, 0.2) is 5.78 Å². The molecule has 1 saturated heterocycles. The summed E-state index contributed by atoms with van der Waals surface area (Å²) < 4.78 is 10.5. The van der Waals surface area contributed by atoms with Gasteiger partial charge >= 0.3 is 0 Å². The molecule has 3 rings (SSSR count). The maximum absolute atomic E-state index is 12.9. The van der Waals surface area contributed by atoms with Gasteiger partial charge in [0.1, 0.15) is 11.5 Å². The summed E-state index contributed by atoms with van der Waals surface area (Å²) in [5, 5.41) is 0. The van der Waals surface area contributed by atoms with Crippen molar-refractivity contribution < 1.29 is 19.1 Å². The summed E-state index contributed by atoms with van der Waals surface area (Å²) >= 11 is 0. The van der Waals surface area contributed by atoms with Crippen molar-refractivity contribution in [3.8, 4) is 11.5 Å². The van der Waals surface area contributed by atoms with Crippen LogP contribution in [-0.2, 0) is 6.42 Å². The van der Waals surface area contributed by atoms with Gasteiger partial charge < -0.3 is 14.4 Å². The van der Waals surface area contributed by atoms with Crippen LogP contribution in [0.3, 0.4) is 0 Å². The quantitative estimate of drug-likeness (QED) is 0.674. The number of benzene rings is 2. The first-order chi connectivity index (χ1) is 14.0. The number of carbonyl (C=O) groups is 2. The monoisotopic (exact) mass is 396 g/mol. The number of nitrogens with zero attached hydrogens (tertiary/aromatic N) is 2. The Balaban J connectivity index is 1.57. The number of hydrogen-bond acceptors (Lipinski definition) is 5. The van der Waals surface area contributed by atoms with Gasteiger partial charge in [0, 0.05) is 43.4 Å². The van der Waals surface area contributed by atoms with Gasteiger partial charge in [-0.05, 0) is 24.1 Å². The number of methoxy groups -OCH3 is 2. The lowest BCUT2D eigenvalue weighted by molar-refractivity contribution is 0.0623. The number of Topliss-reactive ketones (excluding diaryl/α,β-unsaturated/α-hetero) is 1. The summed E-state index contributed by atoms with van der Waals surface area (Å²) in [5.74, 6) is 1.24. The van der Waals surface area contributed by atoms with Crippen LogP contribution in [0.25, 0.3) is 0 Å². The van der Waals surface area contributed by atoms with E-state index in [2.05, 4.69) is 11.8 Å². The highest BCUT2D eigenvalue weighted by Crippen LogP contribution is 2.24. The number of aryl methyl sites for hydroxylation is 1. The Hall–Kier alpha value is -2.86. The van der Waals surface area contributed by atoms with E-state index >= 15 is 0 Å². The van der Waals surface area contributed by atoms with Crippen LogP contribution in [0, 0.1) is 0 Å². The second-order valence-corrected chi connectivity index (χ2v) is 7.14. The van der Waals surface area contributed by atoms with Crippen LogP contribution in [-0.4, -0.2) is 68.4 Å². The molecule has 0 atom stereocenters. The second kappa shape index (κ2) is 9.56. The van der Waals surface area contributed by atoms with E-state index in [1.54, 1.807) is 32.4 Å². The molecule has 1 aliphatic heterocycles. The van der Waals surface area contributed by atoms with E-state index in [1.165, 1.54) is 5.56 Å². The summed E-state index contributed by atoms with van der Waals surface area (Å²) in [7, 11) is 3.13. The zero-order chi connectivity index (χ0) is 20.8. The number of hydrogen-bond donors (Lipinski definition) is 0.